The standard InChI is InChI=1S/C18H22N4O3/c23-16-7-10-22(18(25)20-16)13-17(24)19-11-14-5-1-2-6-15(14)12-21-8-3-4-9-21/h1-2,5-7,10H,3-4,8-9,11-13H2,(H,19,24)(H,20,23,25). The van der Waals surface area contributed by atoms with Gasteiger partial charge in [-0.15, -0.1) is 0 Å². The molecule has 0 unspecified atom stereocenters. The van der Waals surface area contributed by atoms with Crippen molar-refractivity contribution in [3.05, 3.63) is 68.5 Å². The Hall–Kier alpha value is -2.67. The van der Waals surface area contributed by atoms with Crippen LogP contribution in [0.1, 0.15) is 24.0 Å². The van der Waals surface area contributed by atoms with Gasteiger partial charge in [0.25, 0.3) is 5.56 Å². The summed E-state index contributed by atoms with van der Waals surface area (Å²) >= 11 is 0. The fourth-order valence-corrected chi connectivity index (χ4v) is 3.04. The lowest BCUT2D eigenvalue weighted by Gasteiger charge is -2.17. The lowest BCUT2D eigenvalue weighted by Crippen LogP contribution is -2.35. The molecule has 1 amide bonds. The van der Waals surface area contributed by atoms with Crippen LogP contribution in [-0.4, -0.2) is 33.4 Å². The predicted molar refractivity (Wildman–Crippen MR) is 94.1 cm³/mol. The smallest absolute Gasteiger partial charge is 0.328 e. The number of aromatic nitrogens is 2. The molecule has 2 aromatic rings. The van der Waals surface area contributed by atoms with Crippen LogP contribution in [0.15, 0.2) is 46.1 Å². The average Bonchev–Trinajstić information content (AvgIpc) is 3.10. The van der Waals surface area contributed by atoms with Gasteiger partial charge in [-0.1, -0.05) is 24.3 Å². The molecule has 1 fully saturated rings. The Morgan fingerprint density at radius 1 is 1.08 bits per heavy atom. The SMILES string of the molecule is O=C(Cn1ccc(=O)[nH]c1=O)NCc1ccccc1CN1CCCC1. The van der Waals surface area contributed by atoms with Crippen LogP contribution in [0.4, 0.5) is 0 Å². The number of likely N-dealkylation sites (tertiary alicyclic amines) is 1. The van der Waals surface area contributed by atoms with E-state index in [1.54, 1.807) is 0 Å². The summed E-state index contributed by atoms with van der Waals surface area (Å²) < 4.78 is 1.17. The van der Waals surface area contributed by atoms with Gasteiger partial charge in [-0.3, -0.25) is 24.0 Å². The van der Waals surface area contributed by atoms with E-state index >= 15 is 0 Å². The second-order valence-electron chi connectivity index (χ2n) is 6.27. The van der Waals surface area contributed by atoms with E-state index in [0.717, 1.165) is 25.2 Å². The van der Waals surface area contributed by atoms with Crippen molar-refractivity contribution in [1.82, 2.24) is 19.8 Å². The van der Waals surface area contributed by atoms with Crippen molar-refractivity contribution in [2.45, 2.75) is 32.5 Å². The number of carbonyl (C=O) groups excluding carboxylic acids is 1. The third kappa shape index (κ3) is 4.67. The maximum absolute atomic E-state index is 12.1. The molecular weight excluding hydrogens is 320 g/mol. The van der Waals surface area contributed by atoms with Crippen molar-refractivity contribution < 1.29 is 4.79 Å². The zero-order valence-electron chi connectivity index (χ0n) is 14.0. The molecule has 1 aromatic carbocycles. The molecule has 1 saturated heterocycles. The molecule has 3 rings (SSSR count). The van der Waals surface area contributed by atoms with Crippen LogP contribution in [-0.2, 0) is 24.4 Å². The second kappa shape index (κ2) is 7.94. The molecule has 0 saturated carbocycles. The third-order valence-electron chi connectivity index (χ3n) is 4.40. The first-order chi connectivity index (χ1) is 12.1. The minimum absolute atomic E-state index is 0.121. The highest BCUT2D eigenvalue weighted by atomic mass is 16.2. The zero-order chi connectivity index (χ0) is 17.6. The van der Waals surface area contributed by atoms with Crippen LogP contribution in [0.25, 0.3) is 0 Å². The number of H-pyrrole nitrogens is 1. The van der Waals surface area contributed by atoms with E-state index in [9.17, 15) is 14.4 Å². The number of amides is 1. The molecule has 0 aliphatic carbocycles. The quantitative estimate of drug-likeness (QED) is 0.798. The fraction of sp³-hybridized carbons (Fsp3) is 0.389. The average molecular weight is 342 g/mol. The van der Waals surface area contributed by atoms with Crippen molar-refractivity contribution >= 4 is 5.91 Å². The van der Waals surface area contributed by atoms with Crippen LogP contribution in [0.5, 0.6) is 0 Å². The Balaban J connectivity index is 1.60. The van der Waals surface area contributed by atoms with Crippen molar-refractivity contribution in [2.75, 3.05) is 13.1 Å². The minimum atomic E-state index is -0.586. The lowest BCUT2D eigenvalue weighted by atomic mass is 10.1. The summed E-state index contributed by atoms with van der Waals surface area (Å²) in [5.74, 6) is -0.273. The van der Waals surface area contributed by atoms with Crippen molar-refractivity contribution in [3.8, 4) is 0 Å². The first-order valence-electron chi connectivity index (χ1n) is 8.47. The van der Waals surface area contributed by atoms with Crippen molar-refractivity contribution in [2.24, 2.45) is 0 Å². The van der Waals surface area contributed by atoms with Gasteiger partial charge in [-0.2, -0.15) is 0 Å². The van der Waals surface area contributed by atoms with Crippen LogP contribution < -0.4 is 16.6 Å². The summed E-state index contributed by atoms with van der Waals surface area (Å²) in [7, 11) is 0. The molecule has 1 aliphatic rings. The third-order valence-corrected chi connectivity index (χ3v) is 4.40. The molecule has 0 atom stereocenters. The van der Waals surface area contributed by atoms with Crippen molar-refractivity contribution in [1.29, 1.82) is 0 Å². The van der Waals surface area contributed by atoms with Crippen LogP contribution in [0, 0.1) is 0 Å². The Kier molecular flexibility index (Phi) is 5.45. The normalized spacial score (nSPS) is 14.6. The second-order valence-corrected chi connectivity index (χ2v) is 6.27. The van der Waals surface area contributed by atoms with Gasteiger partial charge in [0, 0.05) is 25.4 Å². The first kappa shape index (κ1) is 17.2. The molecule has 0 spiro atoms. The summed E-state index contributed by atoms with van der Waals surface area (Å²) in [5, 5.41) is 2.85. The lowest BCUT2D eigenvalue weighted by molar-refractivity contribution is -0.121. The van der Waals surface area contributed by atoms with Gasteiger partial charge in [-0.05, 0) is 37.1 Å². The Morgan fingerprint density at radius 3 is 2.52 bits per heavy atom. The molecule has 1 aromatic heterocycles. The van der Waals surface area contributed by atoms with Crippen LogP contribution in [0.3, 0.4) is 0 Å². The van der Waals surface area contributed by atoms with Crippen LogP contribution in [0.2, 0.25) is 0 Å². The molecule has 1 aliphatic heterocycles. The fourth-order valence-electron chi connectivity index (χ4n) is 3.04. The highest BCUT2D eigenvalue weighted by Gasteiger charge is 2.14. The summed E-state index contributed by atoms with van der Waals surface area (Å²) in [4.78, 5) is 39.3. The topological polar surface area (TPSA) is 87.2 Å². The van der Waals surface area contributed by atoms with Crippen LogP contribution >= 0.6 is 0 Å². The maximum Gasteiger partial charge on any atom is 0.328 e. The number of nitrogens with zero attached hydrogens (tertiary/aromatic N) is 2. The number of hydrogen-bond acceptors (Lipinski definition) is 4. The van der Waals surface area contributed by atoms with Crippen molar-refractivity contribution in [3.63, 3.8) is 0 Å². The molecule has 0 radical (unpaired) electrons. The molecule has 7 nitrogen and oxygen atoms in total. The highest BCUT2D eigenvalue weighted by molar-refractivity contribution is 5.75. The molecule has 7 heteroatoms. The Labute approximate surface area is 145 Å². The summed E-state index contributed by atoms with van der Waals surface area (Å²) in [5.41, 5.74) is 1.23. The number of hydrogen-bond donors (Lipinski definition) is 2. The molecule has 2 heterocycles. The van der Waals surface area contributed by atoms with Gasteiger partial charge in [0.05, 0.1) is 0 Å². The minimum Gasteiger partial charge on any atom is -0.350 e. The Morgan fingerprint density at radius 2 is 1.80 bits per heavy atom. The Bertz CT molecular complexity index is 850. The van der Waals surface area contributed by atoms with Gasteiger partial charge in [-0.25, -0.2) is 4.79 Å². The van der Waals surface area contributed by atoms with E-state index in [4.69, 9.17) is 0 Å². The molecule has 2 N–H and O–H groups in total. The number of carbonyl (C=O) groups is 1. The van der Waals surface area contributed by atoms with E-state index in [-0.39, 0.29) is 12.5 Å². The highest BCUT2D eigenvalue weighted by Crippen LogP contribution is 2.16. The van der Waals surface area contributed by atoms with Gasteiger partial charge in [0.2, 0.25) is 5.91 Å². The number of benzene rings is 1. The number of rotatable bonds is 6. The van der Waals surface area contributed by atoms with E-state index in [1.807, 2.05) is 18.2 Å². The van der Waals surface area contributed by atoms with E-state index in [0.29, 0.717) is 6.54 Å². The van der Waals surface area contributed by atoms with Gasteiger partial charge >= 0.3 is 5.69 Å². The van der Waals surface area contributed by atoms with Gasteiger partial charge < -0.3 is 5.32 Å². The van der Waals surface area contributed by atoms with E-state index in [1.165, 1.54) is 35.2 Å². The number of nitrogens with one attached hydrogen (secondary N) is 2. The molecule has 0 bridgehead atoms. The molecular formula is C18H22N4O3. The van der Waals surface area contributed by atoms with E-state index < -0.39 is 11.2 Å². The predicted octanol–water partition coefficient (Wildman–Crippen LogP) is 0.449. The summed E-state index contributed by atoms with van der Waals surface area (Å²) in [6.07, 6.45) is 3.81. The molecule has 132 valence electrons. The van der Waals surface area contributed by atoms with Gasteiger partial charge in [0.1, 0.15) is 6.54 Å². The summed E-state index contributed by atoms with van der Waals surface area (Å²) in [6, 6.07) is 9.29. The monoisotopic (exact) mass is 342 g/mol. The largest absolute Gasteiger partial charge is 0.350 e. The molecule has 25 heavy (non-hydrogen) atoms. The maximum atomic E-state index is 12.1. The van der Waals surface area contributed by atoms with E-state index in [2.05, 4.69) is 21.3 Å². The van der Waals surface area contributed by atoms with Gasteiger partial charge in [0.15, 0.2) is 0 Å². The first-order valence-corrected chi connectivity index (χ1v) is 8.47. The number of aromatic amines is 1. The summed E-state index contributed by atoms with van der Waals surface area (Å²) in [6.45, 7) is 3.43. The zero-order valence-corrected chi connectivity index (χ0v) is 14.0.